The summed E-state index contributed by atoms with van der Waals surface area (Å²) >= 11 is 0. The summed E-state index contributed by atoms with van der Waals surface area (Å²) in [5, 5.41) is 25.6. The fourth-order valence-corrected chi connectivity index (χ4v) is 2.72. The van der Waals surface area contributed by atoms with Gasteiger partial charge in [0.15, 0.2) is 0 Å². The SMILES string of the molecule is CCC(C)C(NC(=O)C(Cc1cnc[nH]1)NC(=O)C(CC(=O)O)NC(=O)C(C)N)C(=O)O. The summed E-state index contributed by atoms with van der Waals surface area (Å²) in [6.07, 6.45) is 2.45. The summed E-state index contributed by atoms with van der Waals surface area (Å²) in [5.74, 6) is -5.43. The molecule has 0 saturated heterocycles. The molecule has 13 heteroatoms. The molecular formula is C19H30N6O7. The van der Waals surface area contributed by atoms with Gasteiger partial charge in [0.25, 0.3) is 0 Å². The fraction of sp³-hybridized carbons (Fsp3) is 0.579. The van der Waals surface area contributed by atoms with Gasteiger partial charge in [-0.15, -0.1) is 0 Å². The smallest absolute Gasteiger partial charge is 0.326 e. The molecule has 1 aromatic rings. The van der Waals surface area contributed by atoms with Gasteiger partial charge in [-0.1, -0.05) is 20.3 Å². The van der Waals surface area contributed by atoms with Crippen LogP contribution in [0.15, 0.2) is 12.5 Å². The number of nitrogens with one attached hydrogen (secondary N) is 4. The lowest BCUT2D eigenvalue weighted by Gasteiger charge is -2.26. The molecule has 0 fully saturated rings. The molecule has 0 aliphatic rings. The van der Waals surface area contributed by atoms with Crippen molar-refractivity contribution in [2.45, 2.75) is 64.2 Å². The molecule has 0 bridgehead atoms. The van der Waals surface area contributed by atoms with Gasteiger partial charge in [-0.25, -0.2) is 9.78 Å². The zero-order valence-electron chi connectivity index (χ0n) is 18.1. The summed E-state index contributed by atoms with van der Waals surface area (Å²) in [4.78, 5) is 66.8. The number of carboxylic acids is 2. The number of carbonyl (C=O) groups is 5. The van der Waals surface area contributed by atoms with Crippen LogP contribution in [0.1, 0.15) is 39.3 Å². The molecule has 32 heavy (non-hydrogen) atoms. The number of nitrogens with two attached hydrogens (primary N) is 1. The van der Waals surface area contributed by atoms with Gasteiger partial charge < -0.3 is 36.9 Å². The number of imidazole rings is 1. The summed E-state index contributed by atoms with van der Waals surface area (Å²) in [6, 6.07) is -4.94. The predicted molar refractivity (Wildman–Crippen MR) is 111 cm³/mol. The number of aromatic nitrogens is 2. The van der Waals surface area contributed by atoms with Crippen LogP contribution < -0.4 is 21.7 Å². The van der Waals surface area contributed by atoms with Gasteiger partial charge in [-0.2, -0.15) is 0 Å². The zero-order chi connectivity index (χ0) is 24.4. The van der Waals surface area contributed by atoms with Gasteiger partial charge in [0.05, 0.1) is 18.8 Å². The van der Waals surface area contributed by atoms with Crippen molar-refractivity contribution < 1.29 is 34.2 Å². The Morgan fingerprint density at radius 1 is 1.03 bits per heavy atom. The molecule has 0 spiro atoms. The predicted octanol–water partition coefficient (Wildman–Crippen LogP) is -1.64. The molecule has 178 valence electrons. The first-order valence-corrected chi connectivity index (χ1v) is 10.0. The molecule has 0 aliphatic carbocycles. The van der Waals surface area contributed by atoms with Crippen molar-refractivity contribution in [3.8, 4) is 0 Å². The molecule has 1 rings (SSSR count). The average molecular weight is 454 g/mol. The van der Waals surface area contributed by atoms with E-state index < -0.39 is 60.2 Å². The van der Waals surface area contributed by atoms with E-state index in [0.29, 0.717) is 12.1 Å². The molecule has 0 aromatic carbocycles. The zero-order valence-corrected chi connectivity index (χ0v) is 18.1. The van der Waals surface area contributed by atoms with Gasteiger partial charge in [-0.3, -0.25) is 19.2 Å². The number of hydrogen-bond donors (Lipinski definition) is 7. The summed E-state index contributed by atoms with van der Waals surface area (Å²) < 4.78 is 0. The van der Waals surface area contributed by atoms with E-state index in [1.54, 1.807) is 13.8 Å². The third-order valence-corrected chi connectivity index (χ3v) is 4.81. The molecule has 3 amide bonds. The highest BCUT2D eigenvalue weighted by molar-refractivity contribution is 5.95. The van der Waals surface area contributed by atoms with E-state index in [-0.39, 0.29) is 12.3 Å². The lowest BCUT2D eigenvalue weighted by atomic mass is 9.98. The second-order valence-electron chi connectivity index (χ2n) is 7.50. The van der Waals surface area contributed by atoms with Gasteiger partial charge in [0.1, 0.15) is 18.1 Å². The van der Waals surface area contributed by atoms with Crippen molar-refractivity contribution in [3.05, 3.63) is 18.2 Å². The fourth-order valence-electron chi connectivity index (χ4n) is 2.72. The van der Waals surface area contributed by atoms with Crippen LogP contribution in [0.4, 0.5) is 0 Å². The standard InChI is InChI=1S/C19H30N6O7/c1-4-9(2)15(19(31)32)25-18(30)12(5-11-7-21-8-22-11)24-17(29)13(6-14(26)27)23-16(28)10(3)20/h7-10,12-13,15H,4-6,20H2,1-3H3,(H,21,22)(H,23,28)(H,24,29)(H,25,30)(H,26,27)(H,31,32). The van der Waals surface area contributed by atoms with Gasteiger partial charge in [-0.05, 0) is 12.8 Å². The van der Waals surface area contributed by atoms with Crippen molar-refractivity contribution in [1.82, 2.24) is 25.9 Å². The van der Waals surface area contributed by atoms with Crippen LogP contribution in [-0.2, 0) is 30.4 Å². The first-order chi connectivity index (χ1) is 15.0. The maximum Gasteiger partial charge on any atom is 0.326 e. The monoisotopic (exact) mass is 454 g/mol. The minimum absolute atomic E-state index is 0.0779. The Morgan fingerprint density at radius 2 is 1.62 bits per heavy atom. The van der Waals surface area contributed by atoms with Crippen molar-refractivity contribution >= 4 is 29.7 Å². The van der Waals surface area contributed by atoms with Crippen LogP contribution in [0.3, 0.4) is 0 Å². The Balaban J connectivity index is 3.08. The number of aromatic amines is 1. The number of aliphatic carboxylic acids is 2. The quantitative estimate of drug-likeness (QED) is 0.181. The molecule has 1 aromatic heterocycles. The third kappa shape index (κ3) is 8.34. The highest BCUT2D eigenvalue weighted by Crippen LogP contribution is 2.09. The van der Waals surface area contributed by atoms with E-state index in [0.717, 1.165) is 0 Å². The average Bonchev–Trinajstić information content (AvgIpc) is 3.22. The van der Waals surface area contributed by atoms with E-state index >= 15 is 0 Å². The maximum absolute atomic E-state index is 12.9. The van der Waals surface area contributed by atoms with E-state index in [4.69, 9.17) is 10.8 Å². The third-order valence-electron chi connectivity index (χ3n) is 4.81. The largest absolute Gasteiger partial charge is 0.481 e. The number of rotatable bonds is 13. The number of amides is 3. The van der Waals surface area contributed by atoms with Crippen LogP contribution in [0.2, 0.25) is 0 Å². The number of hydrogen-bond acceptors (Lipinski definition) is 7. The molecule has 5 unspecified atom stereocenters. The van der Waals surface area contributed by atoms with Gasteiger partial charge in [0, 0.05) is 18.3 Å². The lowest BCUT2D eigenvalue weighted by molar-refractivity contribution is -0.144. The van der Waals surface area contributed by atoms with Gasteiger partial charge in [0.2, 0.25) is 17.7 Å². The minimum Gasteiger partial charge on any atom is -0.481 e. The second kappa shape index (κ2) is 12.4. The number of carbonyl (C=O) groups excluding carboxylic acids is 3. The van der Waals surface area contributed by atoms with Crippen LogP contribution in [0.5, 0.6) is 0 Å². The highest BCUT2D eigenvalue weighted by Gasteiger charge is 2.32. The van der Waals surface area contributed by atoms with E-state index in [2.05, 4.69) is 25.9 Å². The summed E-state index contributed by atoms with van der Waals surface area (Å²) in [5.41, 5.74) is 5.93. The molecule has 13 nitrogen and oxygen atoms in total. The normalized spacial score (nSPS) is 15.5. The number of carboxylic acid groups (broad SMARTS) is 2. The molecular weight excluding hydrogens is 424 g/mol. The molecule has 0 radical (unpaired) electrons. The maximum atomic E-state index is 12.9. The first-order valence-electron chi connectivity index (χ1n) is 10.0. The Hall–Kier alpha value is -3.48. The highest BCUT2D eigenvalue weighted by atomic mass is 16.4. The molecule has 0 aliphatic heterocycles. The minimum atomic E-state index is -1.49. The molecule has 0 saturated carbocycles. The van der Waals surface area contributed by atoms with Crippen LogP contribution in [-0.4, -0.2) is 74.0 Å². The van der Waals surface area contributed by atoms with E-state index in [9.17, 15) is 29.1 Å². The number of H-pyrrole nitrogens is 1. The Kier molecular flexibility index (Phi) is 10.3. The lowest BCUT2D eigenvalue weighted by Crippen LogP contribution is -2.58. The number of nitrogens with zero attached hydrogens (tertiary/aromatic N) is 1. The molecule has 1 heterocycles. The van der Waals surface area contributed by atoms with Gasteiger partial charge >= 0.3 is 11.9 Å². The second-order valence-corrected chi connectivity index (χ2v) is 7.50. The molecule has 5 atom stereocenters. The Bertz CT molecular complexity index is 811. The summed E-state index contributed by atoms with van der Waals surface area (Å²) in [7, 11) is 0. The van der Waals surface area contributed by atoms with E-state index in [1.165, 1.54) is 19.4 Å². The Morgan fingerprint density at radius 3 is 2.09 bits per heavy atom. The topological polar surface area (TPSA) is 217 Å². The van der Waals surface area contributed by atoms with Crippen molar-refractivity contribution in [1.29, 1.82) is 0 Å². The summed E-state index contributed by atoms with van der Waals surface area (Å²) in [6.45, 7) is 4.79. The van der Waals surface area contributed by atoms with Crippen LogP contribution in [0, 0.1) is 5.92 Å². The van der Waals surface area contributed by atoms with Crippen LogP contribution in [0.25, 0.3) is 0 Å². The van der Waals surface area contributed by atoms with Crippen molar-refractivity contribution in [2.24, 2.45) is 11.7 Å². The Labute approximate surface area is 184 Å². The van der Waals surface area contributed by atoms with Crippen molar-refractivity contribution in [2.75, 3.05) is 0 Å². The van der Waals surface area contributed by atoms with E-state index in [1.807, 2.05) is 0 Å². The molecule has 8 N–H and O–H groups in total. The van der Waals surface area contributed by atoms with Crippen LogP contribution >= 0.6 is 0 Å². The first kappa shape index (κ1) is 26.6. The van der Waals surface area contributed by atoms with Crippen molar-refractivity contribution in [3.63, 3.8) is 0 Å².